The smallest absolute Gasteiger partial charge is 0.255 e. The minimum Gasteiger partial charge on any atom is -0.367 e. The fourth-order valence-electron chi connectivity index (χ4n) is 2.14. The summed E-state index contributed by atoms with van der Waals surface area (Å²) in [5, 5.41) is -0.172. The third-order valence-corrected chi connectivity index (χ3v) is 6.27. The van der Waals surface area contributed by atoms with E-state index in [0.717, 1.165) is 12.2 Å². The maximum Gasteiger partial charge on any atom is 0.255 e. The summed E-state index contributed by atoms with van der Waals surface area (Å²) in [6, 6.07) is 0. The Hall–Kier alpha value is -0.270. The van der Waals surface area contributed by atoms with Gasteiger partial charge in [0.1, 0.15) is 0 Å². The topological polar surface area (TPSA) is 70.5 Å². The number of likely N-dealkylation sites (tertiary alicyclic amines) is 1. The fraction of sp³-hybridized carbons (Fsp3) is 0.900. The van der Waals surface area contributed by atoms with Gasteiger partial charge < -0.3 is 9.64 Å². The van der Waals surface area contributed by atoms with Crippen LogP contribution in [0.3, 0.4) is 0 Å². The summed E-state index contributed by atoms with van der Waals surface area (Å²) in [7, 11) is -0.945. The third kappa shape index (κ3) is 2.32. The fourth-order valence-corrected chi connectivity index (χ4v) is 4.40. The number of methoxy groups -OCH3 is 1. The second-order valence-corrected chi connectivity index (χ2v) is 8.32. The lowest BCUT2D eigenvalue weighted by molar-refractivity contribution is -0.155. The molecule has 2 heterocycles. The number of amides is 1. The van der Waals surface area contributed by atoms with Crippen LogP contribution in [0, 0.1) is 4.78 Å². The van der Waals surface area contributed by atoms with Crippen molar-refractivity contribution in [2.45, 2.75) is 17.3 Å². The van der Waals surface area contributed by atoms with E-state index in [4.69, 9.17) is 9.52 Å². The maximum atomic E-state index is 12.3. The summed E-state index contributed by atoms with van der Waals surface area (Å²) < 4.78 is 24.4. The molecule has 2 atom stereocenters. The Morgan fingerprint density at radius 2 is 2.24 bits per heavy atom. The molecule has 2 aliphatic heterocycles. The highest BCUT2D eigenvalue weighted by molar-refractivity contribution is 7.99. The zero-order chi connectivity index (χ0) is 12.7. The molecule has 2 aliphatic rings. The van der Waals surface area contributed by atoms with Crippen molar-refractivity contribution in [2.75, 3.05) is 38.0 Å². The van der Waals surface area contributed by atoms with Crippen molar-refractivity contribution >= 4 is 27.4 Å². The van der Waals surface area contributed by atoms with E-state index >= 15 is 0 Å². The number of hydrogen-bond acceptors (Lipinski definition) is 5. The summed E-state index contributed by atoms with van der Waals surface area (Å²) in [6.07, 6.45) is 2.19. The van der Waals surface area contributed by atoms with E-state index in [1.54, 1.807) is 23.8 Å². The van der Waals surface area contributed by atoms with Crippen LogP contribution in [0.4, 0.5) is 0 Å². The lowest BCUT2D eigenvalue weighted by Crippen LogP contribution is -2.62. The quantitative estimate of drug-likeness (QED) is 0.811. The lowest BCUT2D eigenvalue weighted by atomic mass is 9.99. The standard InChI is InChI=1S/C10H18N2O3S2/c1-15-10(3-4-16-7-10)9(13)12-5-8(6-12)17(2,11)14/h8,11H,3-7H2,1-2H3. The molecule has 5 nitrogen and oxygen atoms in total. The van der Waals surface area contributed by atoms with Gasteiger partial charge in [0.2, 0.25) is 0 Å². The van der Waals surface area contributed by atoms with E-state index < -0.39 is 15.3 Å². The Balaban J connectivity index is 1.99. The van der Waals surface area contributed by atoms with Crippen molar-refractivity contribution in [3.05, 3.63) is 0 Å². The number of thioether (sulfide) groups is 1. The molecule has 7 heteroatoms. The molecule has 0 aromatic rings. The number of rotatable bonds is 3. The summed E-state index contributed by atoms with van der Waals surface area (Å²) in [5.74, 6) is 1.65. The number of nitrogens with one attached hydrogen (secondary N) is 1. The van der Waals surface area contributed by atoms with Crippen LogP contribution in [-0.4, -0.2) is 63.8 Å². The minimum atomic E-state index is -2.52. The summed E-state index contributed by atoms with van der Waals surface area (Å²) in [4.78, 5) is 14.0. The molecule has 0 saturated carbocycles. The number of ether oxygens (including phenoxy) is 1. The van der Waals surface area contributed by atoms with Crippen LogP contribution in [0.2, 0.25) is 0 Å². The molecule has 0 aromatic carbocycles. The predicted octanol–water partition coefficient (Wildman–Crippen LogP) is 0.396. The van der Waals surface area contributed by atoms with Crippen molar-refractivity contribution in [1.82, 2.24) is 4.90 Å². The van der Waals surface area contributed by atoms with Gasteiger partial charge in [0.05, 0.1) is 5.25 Å². The van der Waals surface area contributed by atoms with Gasteiger partial charge in [-0.25, -0.2) is 4.21 Å². The van der Waals surface area contributed by atoms with Crippen LogP contribution in [0.5, 0.6) is 0 Å². The van der Waals surface area contributed by atoms with Gasteiger partial charge in [-0.3, -0.25) is 9.57 Å². The van der Waals surface area contributed by atoms with Crippen molar-refractivity contribution in [1.29, 1.82) is 4.78 Å². The zero-order valence-corrected chi connectivity index (χ0v) is 11.7. The van der Waals surface area contributed by atoms with Crippen molar-refractivity contribution < 1.29 is 13.7 Å². The summed E-state index contributed by atoms with van der Waals surface area (Å²) >= 11 is 1.73. The summed E-state index contributed by atoms with van der Waals surface area (Å²) in [6.45, 7) is 0.876. The lowest BCUT2D eigenvalue weighted by Gasteiger charge is -2.43. The number of carbonyl (C=O) groups excluding carboxylic acids is 1. The van der Waals surface area contributed by atoms with Gasteiger partial charge in [0.15, 0.2) is 5.60 Å². The first-order chi connectivity index (χ1) is 7.89. The van der Waals surface area contributed by atoms with E-state index in [9.17, 15) is 9.00 Å². The van der Waals surface area contributed by atoms with Crippen LogP contribution < -0.4 is 0 Å². The Bertz CT molecular complexity index is 409. The van der Waals surface area contributed by atoms with Gasteiger partial charge in [0, 0.05) is 41.9 Å². The van der Waals surface area contributed by atoms with Crippen molar-refractivity contribution in [3.8, 4) is 0 Å². The van der Waals surface area contributed by atoms with E-state index in [0.29, 0.717) is 18.8 Å². The molecule has 0 spiro atoms. The Morgan fingerprint density at radius 3 is 2.65 bits per heavy atom. The first-order valence-corrected chi connectivity index (χ1v) is 8.72. The van der Waals surface area contributed by atoms with Crippen LogP contribution >= 0.6 is 11.8 Å². The van der Waals surface area contributed by atoms with Gasteiger partial charge in [-0.1, -0.05) is 0 Å². The largest absolute Gasteiger partial charge is 0.367 e. The van der Waals surface area contributed by atoms with Crippen molar-refractivity contribution in [2.24, 2.45) is 0 Å². The van der Waals surface area contributed by atoms with E-state index in [1.165, 1.54) is 6.26 Å². The molecular formula is C10H18N2O3S2. The normalized spacial score (nSPS) is 33.2. The van der Waals surface area contributed by atoms with Crippen LogP contribution in [0.25, 0.3) is 0 Å². The zero-order valence-electron chi connectivity index (χ0n) is 10.1. The molecule has 0 aliphatic carbocycles. The average Bonchev–Trinajstić information content (AvgIpc) is 2.62. The second kappa shape index (κ2) is 4.44. The van der Waals surface area contributed by atoms with Crippen LogP contribution in [0.15, 0.2) is 0 Å². The summed E-state index contributed by atoms with van der Waals surface area (Å²) in [5.41, 5.74) is -0.674. The monoisotopic (exact) mass is 278 g/mol. The molecule has 2 saturated heterocycles. The van der Waals surface area contributed by atoms with Gasteiger partial charge in [-0.05, 0) is 12.2 Å². The highest BCUT2D eigenvalue weighted by Crippen LogP contribution is 2.34. The SMILES string of the molecule is COC1(C(=O)N2CC(S(C)(=N)=O)C2)CCSC1. The van der Waals surface area contributed by atoms with E-state index in [1.807, 2.05) is 0 Å². The average molecular weight is 278 g/mol. The first-order valence-electron chi connectivity index (χ1n) is 5.54. The van der Waals surface area contributed by atoms with Crippen LogP contribution in [-0.2, 0) is 19.3 Å². The highest BCUT2D eigenvalue weighted by atomic mass is 32.2. The molecule has 2 fully saturated rings. The first kappa shape index (κ1) is 13.2. The molecular weight excluding hydrogens is 260 g/mol. The number of hydrogen-bond donors (Lipinski definition) is 1. The Morgan fingerprint density at radius 1 is 1.59 bits per heavy atom. The highest BCUT2D eigenvalue weighted by Gasteiger charge is 2.48. The van der Waals surface area contributed by atoms with Gasteiger partial charge >= 0.3 is 0 Å². The third-order valence-electron chi connectivity index (χ3n) is 3.54. The van der Waals surface area contributed by atoms with Crippen LogP contribution in [0.1, 0.15) is 6.42 Å². The molecule has 0 aromatic heterocycles. The Labute approximate surface area is 106 Å². The van der Waals surface area contributed by atoms with Gasteiger partial charge in [-0.2, -0.15) is 11.8 Å². The molecule has 98 valence electrons. The molecule has 1 amide bonds. The minimum absolute atomic E-state index is 0.00454. The molecule has 2 rings (SSSR count). The maximum absolute atomic E-state index is 12.3. The van der Waals surface area contributed by atoms with Gasteiger partial charge in [0.25, 0.3) is 5.91 Å². The van der Waals surface area contributed by atoms with E-state index in [-0.39, 0.29) is 11.2 Å². The predicted molar refractivity (Wildman–Crippen MR) is 68.8 cm³/mol. The number of nitrogens with zero attached hydrogens (tertiary/aromatic N) is 1. The molecule has 0 radical (unpaired) electrons. The van der Waals surface area contributed by atoms with Crippen molar-refractivity contribution in [3.63, 3.8) is 0 Å². The second-order valence-electron chi connectivity index (χ2n) is 4.74. The number of carbonyl (C=O) groups is 1. The molecule has 0 bridgehead atoms. The van der Waals surface area contributed by atoms with Gasteiger partial charge in [-0.15, -0.1) is 0 Å². The van der Waals surface area contributed by atoms with E-state index in [2.05, 4.69) is 0 Å². The molecule has 17 heavy (non-hydrogen) atoms. The molecule has 1 N–H and O–H groups in total. The Kier molecular flexibility index (Phi) is 3.44. The molecule has 2 unspecified atom stereocenters.